The van der Waals surface area contributed by atoms with Gasteiger partial charge in [0, 0.05) is 25.1 Å². The smallest absolute Gasteiger partial charge is 0.323 e. The normalized spacial score (nSPS) is 12.3. The van der Waals surface area contributed by atoms with Gasteiger partial charge in [-0.3, -0.25) is 9.68 Å². The molecule has 0 aromatic heterocycles. The van der Waals surface area contributed by atoms with E-state index in [4.69, 9.17) is 0 Å². The van der Waals surface area contributed by atoms with Crippen LogP contribution in [-0.4, -0.2) is 69.1 Å². The lowest BCUT2D eigenvalue weighted by Gasteiger charge is -2.15. The number of hydrogen-bond acceptors (Lipinski definition) is 9. The molecule has 0 saturated carbocycles. The van der Waals surface area contributed by atoms with Crippen LogP contribution in [0, 0.1) is 0 Å². The maximum atomic E-state index is 11.2. The van der Waals surface area contributed by atoms with Gasteiger partial charge in [0.25, 0.3) is 0 Å². The Hall–Kier alpha value is -1.82. The third-order valence-electron chi connectivity index (χ3n) is 2.89. The van der Waals surface area contributed by atoms with Gasteiger partial charge < -0.3 is 10.6 Å². The van der Waals surface area contributed by atoms with Crippen LogP contribution in [0.15, 0.2) is 10.3 Å². The van der Waals surface area contributed by atoms with Crippen molar-refractivity contribution >= 4 is 46.2 Å². The lowest BCUT2D eigenvalue weighted by molar-refractivity contribution is 0.152. The van der Waals surface area contributed by atoms with E-state index >= 15 is 0 Å². The van der Waals surface area contributed by atoms with Gasteiger partial charge in [0.05, 0.1) is 12.4 Å². The van der Waals surface area contributed by atoms with Gasteiger partial charge in [0.15, 0.2) is 9.84 Å². The van der Waals surface area contributed by atoms with Crippen molar-refractivity contribution in [2.75, 3.05) is 26.6 Å². The number of carbonyl (C=O) groups excluding carboxylic acids is 2. The summed E-state index contributed by atoms with van der Waals surface area (Å²) in [4.78, 5) is 29.8. The van der Waals surface area contributed by atoms with Crippen molar-refractivity contribution in [3.63, 3.8) is 0 Å². The van der Waals surface area contributed by atoms with Crippen LogP contribution in [0.2, 0.25) is 0 Å². The van der Waals surface area contributed by atoms with Gasteiger partial charge in [0.2, 0.25) is 0 Å². The third kappa shape index (κ3) is 12.5. The average Bonchev–Trinajstić information content (AvgIpc) is 2.53. The Morgan fingerprint density at radius 1 is 0.962 bits per heavy atom. The van der Waals surface area contributed by atoms with Crippen LogP contribution >= 0.6 is 11.8 Å². The molecule has 12 heteroatoms. The molecule has 0 rings (SSSR count). The lowest BCUT2D eigenvalue weighted by atomic mass is 10.2. The number of amides is 2. The van der Waals surface area contributed by atoms with E-state index in [1.54, 1.807) is 18.0 Å². The first-order valence-corrected chi connectivity index (χ1v) is 10.4. The van der Waals surface area contributed by atoms with Crippen molar-refractivity contribution in [1.82, 2.24) is 10.6 Å². The molecule has 0 unspecified atom stereocenters. The van der Waals surface area contributed by atoms with E-state index in [9.17, 15) is 18.0 Å². The van der Waals surface area contributed by atoms with E-state index in [0.29, 0.717) is 0 Å². The zero-order valence-corrected chi connectivity index (χ0v) is 17.9. The fourth-order valence-corrected chi connectivity index (χ4v) is 1.02. The molecule has 10 nitrogen and oxygen atoms in total. The van der Waals surface area contributed by atoms with Crippen LogP contribution < -0.4 is 10.6 Å². The molecule has 0 aliphatic carbocycles. The van der Waals surface area contributed by atoms with Crippen LogP contribution in [0.25, 0.3) is 0 Å². The van der Waals surface area contributed by atoms with Gasteiger partial charge in [-0.25, -0.2) is 18.0 Å². The minimum Gasteiger partial charge on any atom is -0.323 e. The Labute approximate surface area is 159 Å². The molecule has 0 fully saturated rings. The maximum absolute atomic E-state index is 11.2. The number of rotatable bonds is 6. The van der Waals surface area contributed by atoms with Gasteiger partial charge in [-0.2, -0.15) is 11.8 Å². The predicted molar refractivity (Wildman–Crippen MR) is 105 cm³/mol. The highest BCUT2D eigenvalue weighted by atomic mass is 32.2. The lowest BCUT2D eigenvalue weighted by Crippen LogP contribution is -2.32. The summed E-state index contributed by atoms with van der Waals surface area (Å²) in [5, 5.41) is 11.2. The summed E-state index contributed by atoms with van der Waals surface area (Å²) in [5.41, 5.74) is 0. The molecular weight excluding hydrogens is 384 g/mol. The van der Waals surface area contributed by atoms with E-state index in [0.717, 1.165) is 12.5 Å². The number of sulfone groups is 1. The summed E-state index contributed by atoms with van der Waals surface area (Å²) in [5.74, 6) is 0. The number of nitrogens with one attached hydrogen (secondary N) is 2. The average molecular weight is 413 g/mol. The number of hydrogen-bond donors (Lipinski definition) is 2. The second kappa shape index (κ2) is 11.7. The fraction of sp³-hybridized carbons (Fsp3) is 0.714. The molecule has 0 saturated heterocycles. The van der Waals surface area contributed by atoms with Gasteiger partial charge in [-0.15, -0.1) is 0 Å². The van der Waals surface area contributed by atoms with Crippen LogP contribution in [0.5, 0.6) is 0 Å². The summed E-state index contributed by atoms with van der Waals surface area (Å²) in [6.07, 6.45) is 4.41. The fourth-order valence-electron chi connectivity index (χ4n) is 0.642. The van der Waals surface area contributed by atoms with Crippen LogP contribution in [0.4, 0.5) is 9.59 Å². The standard InChI is InChI=1S/C7H14N2O4S.C7H14N2O2S/c1-7(2,14(4,11)12)5-9-13-6(10)8-3;1-7(2,12-4)5-9-11-6(10)8-3/h5H,1-4H3,(H,8,10);5H,1-4H3,(H,8,10)/b2*9-5+. The summed E-state index contributed by atoms with van der Waals surface area (Å²) >= 11 is 1.63. The molecule has 152 valence electrons. The highest BCUT2D eigenvalue weighted by molar-refractivity contribution is 8.00. The zero-order valence-electron chi connectivity index (χ0n) is 16.3. The molecule has 0 spiro atoms. The quantitative estimate of drug-likeness (QED) is 0.384. The van der Waals surface area contributed by atoms with Gasteiger partial charge in [0.1, 0.15) is 4.75 Å². The van der Waals surface area contributed by atoms with Gasteiger partial charge >= 0.3 is 12.2 Å². The second-order valence-electron chi connectivity index (χ2n) is 5.91. The third-order valence-corrected chi connectivity index (χ3v) is 6.06. The minimum absolute atomic E-state index is 0.103. The Bertz CT molecular complexity index is 615. The molecule has 0 aromatic carbocycles. The monoisotopic (exact) mass is 412 g/mol. The van der Waals surface area contributed by atoms with Crippen LogP contribution in [0.1, 0.15) is 27.7 Å². The molecular formula is C14H28N4O6S2. The number of thioether (sulfide) groups is 1. The van der Waals surface area contributed by atoms with E-state index in [1.165, 1.54) is 27.9 Å². The highest BCUT2D eigenvalue weighted by Gasteiger charge is 2.28. The highest BCUT2D eigenvalue weighted by Crippen LogP contribution is 2.17. The Kier molecular flexibility index (Phi) is 11.9. The van der Waals surface area contributed by atoms with Crippen molar-refractivity contribution in [1.29, 1.82) is 0 Å². The van der Waals surface area contributed by atoms with E-state index in [-0.39, 0.29) is 4.75 Å². The van der Waals surface area contributed by atoms with Crippen molar-refractivity contribution in [3.05, 3.63) is 0 Å². The van der Waals surface area contributed by atoms with E-state index in [1.807, 2.05) is 20.1 Å². The second-order valence-corrected chi connectivity index (χ2v) is 9.97. The topological polar surface area (TPSA) is 136 Å². The number of carbonyl (C=O) groups is 2. The van der Waals surface area contributed by atoms with Crippen molar-refractivity contribution in [2.24, 2.45) is 10.3 Å². The van der Waals surface area contributed by atoms with Gasteiger partial charge in [-0.05, 0) is 34.0 Å². The molecule has 0 atom stereocenters. The maximum Gasteiger partial charge on any atom is 0.433 e. The molecule has 0 heterocycles. The number of oxime groups is 2. The molecule has 0 aliphatic rings. The minimum atomic E-state index is -3.27. The first-order chi connectivity index (χ1) is 11.7. The Balaban J connectivity index is 0. The molecule has 2 N–H and O–H groups in total. The predicted octanol–water partition coefficient (Wildman–Crippen LogP) is 1.62. The Morgan fingerprint density at radius 2 is 1.35 bits per heavy atom. The van der Waals surface area contributed by atoms with Crippen LogP contribution in [0.3, 0.4) is 0 Å². The largest absolute Gasteiger partial charge is 0.433 e. The molecule has 0 aromatic rings. The Morgan fingerprint density at radius 3 is 1.65 bits per heavy atom. The summed E-state index contributed by atoms with van der Waals surface area (Å²) in [6.45, 7) is 6.88. The zero-order chi connectivity index (χ0) is 21.0. The molecule has 2 amide bonds. The van der Waals surface area contributed by atoms with Crippen molar-refractivity contribution in [3.8, 4) is 0 Å². The van der Waals surface area contributed by atoms with E-state index in [2.05, 4.69) is 30.6 Å². The SMILES string of the molecule is CNC(=O)O/N=C/C(C)(C)S(C)(=O)=O.CNC(=O)O/N=C/C(C)(C)SC. The van der Waals surface area contributed by atoms with Crippen molar-refractivity contribution < 1.29 is 27.7 Å². The first kappa shape index (κ1) is 26.4. The molecule has 0 radical (unpaired) electrons. The molecule has 26 heavy (non-hydrogen) atoms. The number of nitrogens with zero attached hydrogens (tertiary/aromatic N) is 2. The van der Waals surface area contributed by atoms with Crippen LogP contribution in [-0.2, 0) is 19.5 Å². The summed E-state index contributed by atoms with van der Waals surface area (Å²) < 4.78 is 21.0. The molecule has 0 aliphatic heterocycles. The van der Waals surface area contributed by atoms with E-state index < -0.39 is 26.8 Å². The summed E-state index contributed by atoms with van der Waals surface area (Å²) in [6, 6.07) is 0. The van der Waals surface area contributed by atoms with Crippen molar-refractivity contribution in [2.45, 2.75) is 37.2 Å². The molecule has 0 bridgehead atoms. The first-order valence-electron chi connectivity index (χ1n) is 7.33. The summed E-state index contributed by atoms with van der Waals surface area (Å²) in [7, 11) is -0.410. The van der Waals surface area contributed by atoms with Gasteiger partial charge in [-0.1, -0.05) is 10.3 Å².